The fourth-order valence-electron chi connectivity index (χ4n) is 2.78. The van der Waals surface area contributed by atoms with E-state index in [1.165, 1.54) is 31.2 Å². The first-order valence-corrected chi connectivity index (χ1v) is 9.85. The second-order valence-corrected chi connectivity index (χ2v) is 8.59. The SMILES string of the molecule is CC(C)C(NC(=O)C(C)N(c1ccc(F)cc1)S(C)(=O)=O)C(C)C. The number of nitrogens with one attached hydrogen (secondary N) is 1. The van der Waals surface area contributed by atoms with Crippen LogP contribution in [0.15, 0.2) is 24.3 Å². The van der Waals surface area contributed by atoms with E-state index >= 15 is 0 Å². The molecule has 0 aliphatic carbocycles. The van der Waals surface area contributed by atoms with Crippen LogP contribution in [-0.4, -0.2) is 32.7 Å². The van der Waals surface area contributed by atoms with Gasteiger partial charge in [-0.2, -0.15) is 0 Å². The van der Waals surface area contributed by atoms with Gasteiger partial charge in [0.25, 0.3) is 0 Å². The first-order valence-electron chi connectivity index (χ1n) is 8.00. The molecule has 0 bridgehead atoms. The van der Waals surface area contributed by atoms with Crippen molar-refractivity contribution in [2.75, 3.05) is 10.6 Å². The van der Waals surface area contributed by atoms with E-state index in [-0.39, 0.29) is 29.5 Å². The van der Waals surface area contributed by atoms with Gasteiger partial charge in [-0.15, -0.1) is 0 Å². The van der Waals surface area contributed by atoms with Crippen LogP contribution in [-0.2, 0) is 14.8 Å². The van der Waals surface area contributed by atoms with Crippen LogP contribution in [0.4, 0.5) is 10.1 Å². The van der Waals surface area contributed by atoms with Crippen molar-refractivity contribution in [3.8, 4) is 0 Å². The van der Waals surface area contributed by atoms with Crippen molar-refractivity contribution in [3.63, 3.8) is 0 Å². The average Bonchev–Trinajstić information content (AvgIpc) is 2.44. The molecule has 5 nitrogen and oxygen atoms in total. The Morgan fingerprint density at radius 1 is 1.04 bits per heavy atom. The minimum Gasteiger partial charge on any atom is -0.351 e. The van der Waals surface area contributed by atoms with Gasteiger partial charge in [-0.1, -0.05) is 27.7 Å². The average molecular weight is 358 g/mol. The predicted octanol–water partition coefficient (Wildman–Crippen LogP) is 2.78. The van der Waals surface area contributed by atoms with E-state index in [0.717, 1.165) is 10.6 Å². The van der Waals surface area contributed by atoms with Crippen LogP contribution in [0.1, 0.15) is 34.6 Å². The normalized spacial score (nSPS) is 13.4. The van der Waals surface area contributed by atoms with E-state index in [9.17, 15) is 17.6 Å². The first-order chi connectivity index (χ1) is 10.9. The number of carbonyl (C=O) groups excluding carboxylic acids is 1. The summed E-state index contributed by atoms with van der Waals surface area (Å²) in [5, 5.41) is 2.93. The molecule has 0 aliphatic heterocycles. The topological polar surface area (TPSA) is 66.5 Å². The van der Waals surface area contributed by atoms with E-state index in [0.29, 0.717) is 0 Å². The molecule has 0 saturated carbocycles. The van der Waals surface area contributed by atoms with E-state index in [1.54, 1.807) is 0 Å². The Bertz CT molecular complexity index is 649. The highest BCUT2D eigenvalue weighted by atomic mass is 32.2. The van der Waals surface area contributed by atoms with Crippen molar-refractivity contribution >= 4 is 21.6 Å². The number of benzene rings is 1. The van der Waals surface area contributed by atoms with Crippen molar-refractivity contribution in [2.24, 2.45) is 11.8 Å². The van der Waals surface area contributed by atoms with Crippen molar-refractivity contribution in [1.29, 1.82) is 0 Å². The molecule has 1 aromatic carbocycles. The van der Waals surface area contributed by atoms with Crippen molar-refractivity contribution < 1.29 is 17.6 Å². The zero-order valence-electron chi connectivity index (χ0n) is 15.1. The quantitative estimate of drug-likeness (QED) is 0.815. The summed E-state index contributed by atoms with van der Waals surface area (Å²) >= 11 is 0. The van der Waals surface area contributed by atoms with Gasteiger partial charge in [0.1, 0.15) is 11.9 Å². The standard InChI is InChI=1S/C17H27FN2O3S/c1-11(2)16(12(3)4)19-17(21)13(5)20(24(6,22)23)15-9-7-14(18)8-10-15/h7-13,16H,1-6H3,(H,19,21). The van der Waals surface area contributed by atoms with Gasteiger partial charge in [0.15, 0.2) is 0 Å². The second-order valence-electron chi connectivity index (χ2n) is 6.73. The van der Waals surface area contributed by atoms with Crippen LogP contribution in [0, 0.1) is 17.7 Å². The molecule has 0 fully saturated rings. The number of hydrogen-bond donors (Lipinski definition) is 1. The number of hydrogen-bond acceptors (Lipinski definition) is 3. The van der Waals surface area contributed by atoms with Gasteiger partial charge in [0.05, 0.1) is 11.9 Å². The van der Waals surface area contributed by atoms with E-state index < -0.39 is 21.9 Å². The fourth-order valence-corrected chi connectivity index (χ4v) is 3.96. The van der Waals surface area contributed by atoms with Crippen LogP contribution < -0.4 is 9.62 Å². The third-order valence-electron chi connectivity index (χ3n) is 3.92. The molecule has 0 aromatic heterocycles. The van der Waals surface area contributed by atoms with Crippen LogP contribution in [0.5, 0.6) is 0 Å². The lowest BCUT2D eigenvalue weighted by atomic mass is 9.93. The zero-order chi connectivity index (χ0) is 18.7. The predicted molar refractivity (Wildman–Crippen MR) is 94.8 cm³/mol. The lowest BCUT2D eigenvalue weighted by Crippen LogP contribution is -2.52. The molecule has 136 valence electrons. The lowest BCUT2D eigenvalue weighted by molar-refractivity contribution is -0.123. The molecule has 0 saturated heterocycles. The monoisotopic (exact) mass is 358 g/mol. The Morgan fingerprint density at radius 3 is 1.88 bits per heavy atom. The molecule has 1 N–H and O–H groups in total. The first kappa shape index (κ1) is 20.4. The maximum atomic E-state index is 13.1. The summed E-state index contributed by atoms with van der Waals surface area (Å²) in [5.41, 5.74) is 0.257. The molecule has 1 amide bonds. The van der Waals surface area contributed by atoms with Gasteiger partial charge in [-0.3, -0.25) is 9.10 Å². The Hall–Kier alpha value is -1.63. The third-order valence-corrected chi connectivity index (χ3v) is 5.16. The van der Waals surface area contributed by atoms with Crippen LogP contribution in [0.25, 0.3) is 0 Å². The minimum absolute atomic E-state index is 0.0606. The van der Waals surface area contributed by atoms with Crippen LogP contribution >= 0.6 is 0 Å². The molecule has 0 aliphatic rings. The molecular formula is C17H27FN2O3S. The van der Waals surface area contributed by atoms with E-state index in [4.69, 9.17) is 0 Å². The summed E-state index contributed by atoms with van der Waals surface area (Å²) < 4.78 is 38.5. The third kappa shape index (κ3) is 5.19. The highest BCUT2D eigenvalue weighted by Gasteiger charge is 2.31. The summed E-state index contributed by atoms with van der Waals surface area (Å²) in [7, 11) is -3.70. The Morgan fingerprint density at radius 2 is 1.50 bits per heavy atom. The van der Waals surface area contributed by atoms with Gasteiger partial charge in [0.2, 0.25) is 15.9 Å². The Kier molecular flexibility index (Phi) is 6.77. The van der Waals surface area contributed by atoms with Gasteiger partial charge < -0.3 is 5.32 Å². The number of anilines is 1. The van der Waals surface area contributed by atoms with Crippen molar-refractivity contribution in [2.45, 2.75) is 46.7 Å². The molecule has 0 heterocycles. The summed E-state index contributed by atoms with van der Waals surface area (Å²) in [4.78, 5) is 12.6. The Balaban J connectivity index is 3.11. The van der Waals surface area contributed by atoms with E-state index in [2.05, 4.69) is 5.32 Å². The van der Waals surface area contributed by atoms with Gasteiger partial charge >= 0.3 is 0 Å². The summed E-state index contributed by atoms with van der Waals surface area (Å²) in [6, 6.07) is 4.04. The number of sulfonamides is 1. The molecule has 7 heteroatoms. The van der Waals surface area contributed by atoms with Gasteiger partial charge in [-0.05, 0) is 43.0 Å². The molecular weight excluding hydrogens is 331 g/mol. The molecule has 1 unspecified atom stereocenters. The van der Waals surface area contributed by atoms with Gasteiger partial charge in [0, 0.05) is 6.04 Å². The van der Waals surface area contributed by atoms with Crippen molar-refractivity contribution in [3.05, 3.63) is 30.1 Å². The lowest BCUT2D eigenvalue weighted by Gasteiger charge is -2.32. The molecule has 1 rings (SSSR count). The maximum Gasteiger partial charge on any atom is 0.243 e. The number of halogens is 1. The van der Waals surface area contributed by atoms with Crippen LogP contribution in [0.2, 0.25) is 0 Å². The smallest absolute Gasteiger partial charge is 0.243 e. The zero-order valence-corrected chi connectivity index (χ0v) is 15.9. The summed E-state index contributed by atoms with van der Waals surface area (Å²) in [6.07, 6.45) is 1.03. The second kappa shape index (κ2) is 7.96. The number of amides is 1. The summed E-state index contributed by atoms with van der Waals surface area (Å²) in [5.74, 6) is -0.404. The molecule has 0 spiro atoms. The number of carbonyl (C=O) groups is 1. The number of rotatable bonds is 7. The number of nitrogens with zero attached hydrogens (tertiary/aromatic N) is 1. The van der Waals surface area contributed by atoms with Crippen LogP contribution in [0.3, 0.4) is 0 Å². The largest absolute Gasteiger partial charge is 0.351 e. The molecule has 0 radical (unpaired) electrons. The van der Waals surface area contributed by atoms with Gasteiger partial charge in [-0.25, -0.2) is 12.8 Å². The minimum atomic E-state index is -3.70. The summed E-state index contributed by atoms with van der Waals surface area (Å²) in [6.45, 7) is 9.54. The fraction of sp³-hybridized carbons (Fsp3) is 0.588. The van der Waals surface area contributed by atoms with Crippen molar-refractivity contribution in [1.82, 2.24) is 5.32 Å². The Labute approximate surface area is 144 Å². The highest BCUT2D eigenvalue weighted by molar-refractivity contribution is 7.92. The van der Waals surface area contributed by atoms with E-state index in [1.807, 2.05) is 27.7 Å². The highest BCUT2D eigenvalue weighted by Crippen LogP contribution is 2.22. The molecule has 1 aromatic rings. The molecule has 24 heavy (non-hydrogen) atoms. The molecule has 1 atom stereocenters. The maximum absolute atomic E-state index is 13.1.